The number of nitrogens with zero attached hydrogens (tertiary/aromatic N) is 2. The molecule has 0 saturated heterocycles. The molecule has 0 heterocycles. The zero-order valence-corrected chi connectivity index (χ0v) is 21.3. The van der Waals surface area contributed by atoms with Crippen LogP contribution in [0.4, 0.5) is 17.1 Å². The molecule has 0 radical (unpaired) electrons. The average Bonchev–Trinajstić information content (AvgIpc) is 2.84. The van der Waals surface area contributed by atoms with Gasteiger partial charge in [-0.2, -0.15) is 8.42 Å². The summed E-state index contributed by atoms with van der Waals surface area (Å²) >= 11 is 6.21. The van der Waals surface area contributed by atoms with Crippen molar-refractivity contribution in [3.63, 3.8) is 0 Å². The molecule has 0 aromatic heterocycles. The van der Waals surface area contributed by atoms with Gasteiger partial charge in [-0.3, -0.25) is 9.35 Å². The van der Waals surface area contributed by atoms with Gasteiger partial charge < -0.3 is 15.2 Å². The highest BCUT2D eigenvalue weighted by Gasteiger charge is 2.20. The van der Waals surface area contributed by atoms with Gasteiger partial charge in [0.2, 0.25) is 0 Å². The average molecular weight is 540 g/mol. The number of ether oxygens (including phenoxy) is 1. The zero-order chi connectivity index (χ0) is 26.7. The number of hydrogen-bond donors (Lipinski definition) is 3. The molecule has 11 heteroatoms. The Kier molecular flexibility index (Phi) is 7.44. The Morgan fingerprint density at radius 1 is 1.03 bits per heavy atom. The van der Waals surface area contributed by atoms with Crippen molar-refractivity contribution in [2.75, 3.05) is 11.9 Å². The lowest BCUT2D eigenvalue weighted by molar-refractivity contribution is 0.102. The maximum Gasteiger partial charge on any atom is 0.294 e. The summed E-state index contributed by atoms with van der Waals surface area (Å²) < 4.78 is 37.7. The number of rotatable bonds is 7. The zero-order valence-electron chi connectivity index (χ0n) is 19.8. The highest BCUT2D eigenvalue weighted by atomic mass is 35.5. The van der Waals surface area contributed by atoms with Gasteiger partial charge in [-0.15, -0.1) is 10.2 Å². The molecular formula is C26H22ClN3O6S. The summed E-state index contributed by atoms with van der Waals surface area (Å²) in [6, 6.07) is 17.7. The fourth-order valence-electron chi connectivity index (χ4n) is 3.70. The van der Waals surface area contributed by atoms with E-state index >= 15 is 0 Å². The monoisotopic (exact) mass is 539 g/mol. The van der Waals surface area contributed by atoms with Crippen LogP contribution in [0, 0.1) is 6.92 Å². The van der Waals surface area contributed by atoms with Crippen molar-refractivity contribution < 1.29 is 27.6 Å². The standard InChI is InChI=1S/C26H22ClN3O6S/c1-3-36-18-9-6-8-17(13-18)28-26(32)21-12-16-7-4-5-10-20(16)24(25(21)31)30-29-23-15(2)11-19(14-22(23)27)37(33,34)35/h4-14,31H,3H2,1-2H3,(H,28,32)(H,33,34,35). The van der Waals surface area contributed by atoms with Crippen molar-refractivity contribution in [1.29, 1.82) is 0 Å². The molecule has 0 saturated carbocycles. The van der Waals surface area contributed by atoms with E-state index in [2.05, 4.69) is 15.5 Å². The van der Waals surface area contributed by atoms with Crippen molar-refractivity contribution in [3.8, 4) is 11.5 Å². The smallest absolute Gasteiger partial charge is 0.294 e. The number of nitrogens with one attached hydrogen (secondary N) is 1. The first-order valence-corrected chi connectivity index (χ1v) is 12.9. The van der Waals surface area contributed by atoms with Gasteiger partial charge in [0.1, 0.15) is 17.1 Å². The van der Waals surface area contributed by atoms with E-state index in [1.54, 1.807) is 61.5 Å². The van der Waals surface area contributed by atoms with E-state index in [1.165, 1.54) is 6.07 Å². The number of anilines is 1. The van der Waals surface area contributed by atoms with Crippen LogP contribution in [0.15, 0.2) is 81.9 Å². The third kappa shape index (κ3) is 5.72. The van der Waals surface area contributed by atoms with Gasteiger partial charge in [0, 0.05) is 17.1 Å². The van der Waals surface area contributed by atoms with Crippen LogP contribution in [0.2, 0.25) is 5.02 Å². The van der Waals surface area contributed by atoms with E-state index in [1.807, 2.05) is 6.92 Å². The van der Waals surface area contributed by atoms with Crippen LogP contribution >= 0.6 is 11.6 Å². The lowest BCUT2D eigenvalue weighted by atomic mass is 10.0. The summed E-state index contributed by atoms with van der Waals surface area (Å²) in [4.78, 5) is 12.7. The maximum absolute atomic E-state index is 13.1. The van der Waals surface area contributed by atoms with E-state index < -0.39 is 21.8 Å². The van der Waals surface area contributed by atoms with Crippen LogP contribution in [-0.4, -0.2) is 30.6 Å². The van der Waals surface area contributed by atoms with Crippen molar-refractivity contribution in [2.45, 2.75) is 18.7 Å². The highest BCUT2D eigenvalue weighted by Crippen LogP contribution is 2.41. The molecule has 0 aliphatic rings. The number of aryl methyl sites for hydroxylation is 1. The Bertz CT molecular complexity index is 1630. The Morgan fingerprint density at radius 2 is 1.76 bits per heavy atom. The molecule has 4 aromatic carbocycles. The number of phenols is 1. The second kappa shape index (κ2) is 10.6. The number of phenolic OH excluding ortho intramolecular Hbond substituents is 1. The first-order valence-electron chi connectivity index (χ1n) is 11.1. The Hall–Kier alpha value is -3.99. The molecule has 0 aliphatic carbocycles. The second-order valence-electron chi connectivity index (χ2n) is 8.00. The van der Waals surface area contributed by atoms with Crippen LogP contribution in [-0.2, 0) is 10.1 Å². The van der Waals surface area contributed by atoms with Crippen LogP contribution in [0.3, 0.4) is 0 Å². The molecule has 37 heavy (non-hydrogen) atoms. The molecule has 0 aliphatic heterocycles. The number of carbonyl (C=O) groups is 1. The molecule has 0 unspecified atom stereocenters. The molecule has 0 atom stereocenters. The van der Waals surface area contributed by atoms with E-state index in [0.29, 0.717) is 34.4 Å². The number of fused-ring (bicyclic) bond motifs is 1. The Morgan fingerprint density at radius 3 is 2.46 bits per heavy atom. The number of benzene rings is 4. The molecule has 9 nitrogen and oxygen atoms in total. The fraction of sp³-hybridized carbons (Fsp3) is 0.115. The van der Waals surface area contributed by atoms with Crippen LogP contribution in [0.5, 0.6) is 11.5 Å². The van der Waals surface area contributed by atoms with Gasteiger partial charge in [-0.05, 0) is 55.1 Å². The Labute approximate surface area is 218 Å². The van der Waals surface area contributed by atoms with Gasteiger partial charge in [0.15, 0.2) is 5.75 Å². The summed E-state index contributed by atoms with van der Waals surface area (Å²) in [6.07, 6.45) is 0. The van der Waals surface area contributed by atoms with Crippen molar-refractivity contribution >= 4 is 55.5 Å². The summed E-state index contributed by atoms with van der Waals surface area (Å²) in [6.45, 7) is 3.87. The summed E-state index contributed by atoms with van der Waals surface area (Å²) in [5.74, 6) is -0.380. The molecule has 4 rings (SSSR count). The van der Waals surface area contributed by atoms with Gasteiger partial charge in [0.05, 0.1) is 22.1 Å². The van der Waals surface area contributed by atoms with E-state index in [-0.39, 0.29) is 26.9 Å². The van der Waals surface area contributed by atoms with E-state index in [0.717, 1.165) is 6.07 Å². The molecule has 0 fully saturated rings. The van der Waals surface area contributed by atoms with Gasteiger partial charge in [-0.1, -0.05) is 41.9 Å². The third-order valence-corrected chi connectivity index (χ3v) is 6.54. The minimum atomic E-state index is -4.46. The number of carbonyl (C=O) groups excluding carboxylic acids is 1. The number of hydrogen-bond acceptors (Lipinski definition) is 7. The maximum atomic E-state index is 13.1. The van der Waals surface area contributed by atoms with Gasteiger partial charge in [-0.25, -0.2) is 0 Å². The lowest BCUT2D eigenvalue weighted by Gasteiger charge is -2.12. The molecule has 1 amide bonds. The number of halogens is 1. The third-order valence-electron chi connectivity index (χ3n) is 5.42. The predicted molar refractivity (Wildman–Crippen MR) is 141 cm³/mol. The highest BCUT2D eigenvalue weighted by molar-refractivity contribution is 7.85. The van der Waals surface area contributed by atoms with E-state index in [9.17, 15) is 22.9 Å². The van der Waals surface area contributed by atoms with Crippen LogP contribution in [0.25, 0.3) is 10.8 Å². The predicted octanol–water partition coefficient (Wildman–Crippen LogP) is 6.82. The second-order valence-corrected chi connectivity index (χ2v) is 9.83. The topological polar surface area (TPSA) is 138 Å². The summed E-state index contributed by atoms with van der Waals surface area (Å²) in [5.41, 5.74) is 0.948. The van der Waals surface area contributed by atoms with Gasteiger partial charge >= 0.3 is 0 Å². The van der Waals surface area contributed by atoms with Crippen LogP contribution in [0.1, 0.15) is 22.8 Å². The first kappa shape index (κ1) is 26.1. The van der Waals surface area contributed by atoms with Crippen molar-refractivity contribution in [2.24, 2.45) is 10.2 Å². The molecule has 3 N–H and O–H groups in total. The lowest BCUT2D eigenvalue weighted by Crippen LogP contribution is -2.12. The summed E-state index contributed by atoms with van der Waals surface area (Å²) in [7, 11) is -4.46. The largest absolute Gasteiger partial charge is 0.505 e. The van der Waals surface area contributed by atoms with Crippen molar-refractivity contribution in [1.82, 2.24) is 0 Å². The molecular weight excluding hydrogens is 518 g/mol. The minimum Gasteiger partial charge on any atom is -0.505 e. The molecule has 0 spiro atoms. The van der Waals surface area contributed by atoms with Crippen molar-refractivity contribution in [3.05, 3.63) is 82.9 Å². The quantitative estimate of drug-likeness (QED) is 0.174. The van der Waals surface area contributed by atoms with Gasteiger partial charge in [0.25, 0.3) is 16.0 Å². The molecule has 4 aromatic rings. The number of azo groups is 1. The normalized spacial score (nSPS) is 11.7. The SMILES string of the molecule is CCOc1cccc(NC(=O)c2cc3ccccc3c(N=Nc3c(C)cc(S(=O)(=O)O)cc3Cl)c2O)c1. The Balaban J connectivity index is 1.76. The molecule has 0 bridgehead atoms. The minimum absolute atomic E-state index is 0.0284. The van der Waals surface area contributed by atoms with E-state index in [4.69, 9.17) is 16.3 Å². The molecule has 190 valence electrons. The first-order chi connectivity index (χ1) is 17.6. The number of amides is 1. The fourth-order valence-corrected chi connectivity index (χ4v) is 4.66. The van der Waals surface area contributed by atoms with Crippen LogP contribution < -0.4 is 10.1 Å². The summed E-state index contributed by atoms with van der Waals surface area (Å²) in [5, 5.41) is 23.2. The number of aromatic hydroxyl groups is 1.